The number of aryl methyl sites for hydroxylation is 2. The fraction of sp³-hybridized carbons (Fsp3) is 0.286. The van der Waals surface area contributed by atoms with E-state index in [2.05, 4.69) is 60.0 Å². The first kappa shape index (κ1) is 16.3. The molecule has 1 aliphatic rings. The quantitative estimate of drug-likeness (QED) is 0.703. The topological polar surface area (TPSA) is 42.0 Å². The number of pyridine rings is 1. The summed E-state index contributed by atoms with van der Waals surface area (Å²) in [6, 6.07) is 15.1. The Morgan fingerprint density at radius 3 is 2.72 bits per heavy atom. The van der Waals surface area contributed by atoms with Crippen molar-refractivity contribution in [3.05, 3.63) is 59.8 Å². The second-order valence-corrected chi connectivity index (χ2v) is 8.20. The Morgan fingerprint density at radius 2 is 1.96 bits per heavy atom. The molecule has 0 saturated heterocycles. The molecule has 0 spiro atoms. The van der Waals surface area contributed by atoms with Gasteiger partial charge in [0.1, 0.15) is 16.8 Å². The zero-order valence-electron chi connectivity index (χ0n) is 14.6. The Hall–Kier alpha value is -2.20. The minimum Gasteiger partial charge on any atom is -0.289 e. The van der Waals surface area contributed by atoms with Gasteiger partial charge >= 0.3 is 0 Å². The number of nitrogens with zero attached hydrogens (tertiary/aromatic N) is 1. The molecule has 1 fully saturated rings. The van der Waals surface area contributed by atoms with Crippen LogP contribution >= 0.6 is 0 Å². The number of rotatable bonds is 5. The van der Waals surface area contributed by atoms with Crippen molar-refractivity contribution < 1.29 is 4.21 Å². The summed E-state index contributed by atoms with van der Waals surface area (Å²) in [5.41, 5.74) is 5.12. The van der Waals surface area contributed by atoms with Gasteiger partial charge in [0.25, 0.3) is 0 Å². The monoisotopic (exact) mass is 350 g/mol. The molecule has 4 heteroatoms. The standard InChI is InChI=1S/C21H22N2OS/c1-3-15-5-4-14(2)20(10-15)17-7-6-16-12-21(22-13-18(16)11-17)23-25(24)19-8-9-19/h4-7,10-13,19H,3,8-9H2,1-2H3,(H,22,23). The maximum absolute atomic E-state index is 12.0. The third-order valence-electron chi connectivity index (χ3n) is 4.78. The van der Waals surface area contributed by atoms with Crippen LogP contribution in [0.4, 0.5) is 5.82 Å². The number of fused-ring (bicyclic) bond motifs is 1. The van der Waals surface area contributed by atoms with E-state index in [1.165, 1.54) is 22.3 Å². The van der Waals surface area contributed by atoms with Gasteiger partial charge in [-0.2, -0.15) is 0 Å². The Morgan fingerprint density at radius 1 is 1.12 bits per heavy atom. The second-order valence-electron chi connectivity index (χ2n) is 6.73. The maximum Gasteiger partial charge on any atom is 0.138 e. The fourth-order valence-corrected chi connectivity index (χ4v) is 4.08. The lowest BCUT2D eigenvalue weighted by Crippen LogP contribution is -2.09. The minimum atomic E-state index is -1.01. The van der Waals surface area contributed by atoms with Crippen LogP contribution in [0.3, 0.4) is 0 Å². The molecular weight excluding hydrogens is 328 g/mol. The molecule has 25 heavy (non-hydrogen) atoms. The van der Waals surface area contributed by atoms with E-state index in [1.54, 1.807) is 0 Å². The number of benzene rings is 2. The van der Waals surface area contributed by atoms with Crippen LogP contribution in [0.2, 0.25) is 0 Å². The van der Waals surface area contributed by atoms with Gasteiger partial charge in [-0.15, -0.1) is 0 Å². The molecule has 1 atom stereocenters. The third kappa shape index (κ3) is 3.45. The Bertz CT molecular complexity index is 963. The highest BCUT2D eigenvalue weighted by atomic mass is 32.2. The zero-order valence-corrected chi connectivity index (χ0v) is 15.4. The van der Waals surface area contributed by atoms with Gasteiger partial charge in [-0.25, -0.2) is 9.19 Å². The Balaban J connectivity index is 1.67. The molecule has 0 aliphatic heterocycles. The fourth-order valence-electron chi connectivity index (χ4n) is 3.03. The van der Waals surface area contributed by atoms with Gasteiger partial charge in [0.15, 0.2) is 0 Å². The summed E-state index contributed by atoms with van der Waals surface area (Å²) in [5.74, 6) is 0.689. The lowest BCUT2D eigenvalue weighted by Gasteiger charge is -2.10. The largest absolute Gasteiger partial charge is 0.289 e. The van der Waals surface area contributed by atoms with Crippen LogP contribution in [-0.4, -0.2) is 14.4 Å². The molecule has 1 aromatic heterocycles. The second kappa shape index (κ2) is 6.60. The molecule has 128 valence electrons. The van der Waals surface area contributed by atoms with Crippen molar-refractivity contribution in [1.29, 1.82) is 0 Å². The molecule has 0 bridgehead atoms. The SMILES string of the molecule is CCc1ccc(C)c(-c2ccc3cc(NS(=O)C4CC4)ncc3c2)c1. The number of aromatic nitrogens is 1. The molecule has 0 amide bonds. The van der Waals surface area contributed by atoms with Crippen molar-refractivity contribution >= 4 is 27.6 Å². The average molecular weight is 350 g/mol. The van der Waals surface area contributed by atoms with Crippen LogP contribution in [0.5, 0.6) is 0 Å². The molecule has 0 radical (unpaired) electrons. The summed E-state index contributed by atoms with van der Waals surface area (Å²) in [7, 11) is -1.01. The van der Waals surface area contributed by atoms with Crippen LogP contribution in [-0.2, 0) is 17.4 Å². The van der Waals surface area contributed by atoms with E-state index >= 15 is 0 Å². The lowest BCUT2D eigenvalue weighted by atomic mass is 9.96. The molecule has 1 heterocycles. The smallest absolute Gasteiger partial charge is 0.138 e. The van der Waals surface area contributed by atoms with Crippen molar-refractivity contribution in [3.63, 3.8) is 0 Å². The molecule has 1 aliphatic carbocycles. The van der Waals surface area contributed by atoms with E-state index in [9.17, 15) is 4.21 Å². The van der Waals surface area contributed by atoms with E-state index in [0.29, 0.717) is 11.1 Å². The van der Waals surface area contributed by atoms with Crippen molar-refractivity contribution in [2.24, 2.45) is 0 Å². The molecule has 3 nitrogen and oxygen atoms in total. The number of anilines is 1. The molecule has 2 aromatic carbocycles. The first-order valence-corrected chi connectivity index (χ1v) is 10.0. The van der Waals surface area contributed by atoms with Gasteiger partial charge in [0.05, 0.1) is 5.25 Å². The normalized spacial score (nSPS) is 15.3. The number of hydrogen-bond donors (Lipinski definition) is 1. The molecule has 3 aromatic rings. The van der Waals surface area contributed by atoms with E-state index in [0.717, 1.165) is 30.0 Å². The summed E-state index contributed by atoms with van der Waals surface area (Å²) in [5, 5.41) is 2.51. The van der Waals surface area contributed by atoms with Crippen molar-refractivity contribution in [2.75, 3.05) is 4.72 Å². The highest BCUT2D eigenvalue weighted by molar-refractivity contribution is 7.87. The van der Waals surface area contributed by atoms with Crippen LogP contribution in [0.25, 0.3) is 21.9 Å². The molecular formula is C21H22N2OS. The van der Waals surface area contributed by atoms with E-state index in [1.807, 2.05) is 12.3 Å². The van der Waals surface area contributed by atoms with Crippen LogP contribution in [0.1, 0.15) is 30.9 Å². The van der Waals surface area contributed by atoms with Gasteiger partial charge in [-0.05, 0) is 66.0 Å². The molecule has 1 saturated carbocycles. The van der Waals surface area contributed by atoms with Crippen LogP contribution < -0.4 is 4.72 Å². The number of hydrogen-bond acceptors (Lipinski definition) is 2. The molecule has 4 rings (SSSR count). The first-order chi connectivity index (χ1) is 12.1. The first-order valence-electron chi connectivity index (χ1n) is 8.81. The van der Waals surface area contributed by atoms with Gasteiger partial charge in [0.2, 0.25) is 0 Å². The summed E-state index contributed by atoms with van der Waals surface area (Å²) in [6.07, 6.45) is 5.00. The predicted molar refractivity (Wildman–Crippen MR) is 106 cm³/mol. The minimum absolute atomic E-state index is 0.300. The lowest BCUT2D eigenvalue weighted by molar-refractivity contribution is 0.685. The number of nitrogens with one attached hydrogen (secondary N) is 1. The van der Waals surface area contributed by atoms with Crippen LogP contribution in [0, 0.1) is 6.92 Å². The van der Waals surface area contributed by atoms with Gasteiger partial charge in [-0.3, -0.25) is 4.72 Å². The van der Waals surface area contributed by atoms with Crippen molar-refractivity contribution in [3.8, 4) is 11.1 Å². The summed E-state index contributed by atoms with van der Waals surface area (Å²) >= 11 is 0. The van der Waals surface area contributed by atoms with Gasteiger partial charge < -0.3 is 0 Å². The van der Waals surface area contributed by atoms with Gasteiger partial charge in [0, 0.05) is 11.6 Å². The van der Waals surface area contributed by atoms with Crippen molar-refractivity contribution in [1.82, 2.24) is 4.98 Å². The van der Waals surface area contributed by atoms with E-state index in [-0.39, 0.29) is 0 Å². The highest BCUT2D eigenvalue weighted by Gasteiger charge is 2.28. The van der Waals surface area contributed by atoms with E-state index in [4.69, 9.17) is 0 Å². The summed E-state index contributed by atoms with van der Waals surface area (Å²) < 4.78 is 15.0. The predicted octanol–water partition coefficient (Wildman–Crippen LogP) is 5.01. The summed E-state index contributed by atoms with van der Waals surface area (Å²) in [4.78, 5) is 4.44. The van der Waals surface area contributed by atoms with Gasteiger partial charge in [-0.1, -0.05) is 37.3 Å². The highest BCUT2D eigenvalue weighted by Crippen LogP contribution is 2.30. The average Bonchev–Trinajstić information content (AvgIpc) is 3.47. The van der Waals surface area contributed by atoms with Crippen molar-refractivity contribution in [2.45, 2.75) is 38.4 Å². The summed E-state index contributed by atoms with van der Waals surface area (Å²) in [6.45, 7) is 4.33. The Labute approximate surface area is 151 Å². The molecule has 1 N–H and O–H groups in total. The Kier molecular flexibility index (Phi) is 4.30. The van der Waals surface area contributed by atoms with Crippen LogP contribution in [0.15, 0.2) is 48.7 Å². The van der Waals surface area contributed by atoms with E-state index < -0.39 is 11.0 Å². The molecule has 1 unspecified atom stereocenters. The zero-order chi connectivity index (χ0) is 17.4. The third-order valence-corrected chi connectivity index (χ3v) is 6.26. The maximum atomic E-state index is 12.0.